The molecule has 1 aromatic carbocycles. The van der Waals surface area contributed by atoms with Crippen LogP contribution in [0.1, 0.15) is 46.6 Å². The second-order valence-corrected chi connectivity index (χ2v) is 10.1. The SMILES string of the molecule is CN[C@@H](C)C(=O)N[C@H](C(=O)N1C[C@@H](NC(C)=O)C[C@H]1C(=O)NCCc1ccc(F)cc1)C(C)(C)C. The summed E-state index contributed by atoms with van der Waals surface area (Å²) in [4.78, 5) is 52.5. The molecule has 4 amide bonds. The molecule has 4 N–H and O–H groups in total. The van der Waals surface area contributed by atoms with E-state index in [1.165, 1.54) is 24.0 Å². The lowest BCUT2D eigenvalue weighted by molar-refractivity contribution is -0.144. The molecule has 1 saturated heterocycles. The average molecular weight is 492 g/mol. The number of amides is 4. The van der Waals surface area contributed by atoms with E-state index in [9.17, 15) is 23.6 Å². The van der Waals surface area contributed by atoms with E-state index in [1.54, 1.807) is 26.1 Å². The number of carbonyl (C=O) groups is 4. The van der Waals surface area contributed by atoms with E-state index in [0.717, 1.165) is 5.56 Å². The third-order valence-electron chi connectivity index (χ3n) is 6.15. The summed E-state index contributed by atoms with van der Waals surface area (Å²) in [7, 11) is 1.66. The average Bonchev–Trinajstić information content (AvgIpc) is 3.20. The van der Waals surface area contributed by atoms with Crippen molar-refractivity contribution >= 4 is 23.6 Å². The van der Waals surface area contributed by atoms with Crippen molar-refractivity contribution in [1.29, 1.82) is 0 Å². The van der Waals surface area contributed by atoms with Crippen molar-refractivity contribution in [2.75, 3.05) is 20.1 Å². The molecule has 1 aliphatic heterocycles. The minimum absolute atomic E-state index is 0.165. The number of rotatable bonds is 9. The fourth-order valence-electron chi connectivity index (χ4n) is 4.03. The quantitative estimate of drug-likeness (QED) is 0.406. The molecule has 194 valence electrons. The number of likely N-dealkylation sites (tertiary alicyclic amines) is 1. The van der Waals surface area contributed by atoms with Crippen LogP contribution in [0.25, 0.3) is 0 Å². The maximum absolute atomic E-state index is 13.7. The number of hydrogen-bond donors (Lipinski definition) is 4. The molecule has 35 heavy (non-hydrogen) atoms. The summed E-state index contributed by atoms with van der Waals surface area (Å²) >= 11 is 0. The van der Waals surface area contributed by atoms with Crippen LogP contribution in [0.2, 0.25) is 0 Å². The first-order valence-corrected chi connectivity index (χ1v) is 11.9. The van der Waals surface area contributed by atoms with Crippen molar-refractivity contribution in [3.63, 3.8) is 0 Å². The Bertz CT molecular complexity index is 915. The monoisotopic (exact) mass is 491 g/mol. The lowest BCUT2D eigenvalue weighted by Crippen LogP contribution is -2.59. The third kappa shape index (κ3) is 8.02. The molecular weight excluding hydrogens is 453 g/mol. The van der Waals surface area contributed by atoms with Crippen LogP contribution in [0.15, 0.2) is 24.3 Å². The van der Waals surface area contributed by atoms with Gasteiger partial charge in [-0.05, 0) is 49.9 Å². The molecule has 0 saturated carbocycles. The van der Waals surface area contributed by atoms with Gasteiger partial charge in [0.15, 0.2) is 0 Å². The lowest BCUT2D eigenvalue weighted by Gasteiger charge is -2.36. The molecule has 0 aliphatic carbocycles. The standard InChI is InChI=1S/C25H38FN5O4/c1-15(27-6)22(33)30-21(25(3,4)5)24(35)31-14-19(29-16(2)32)13-20(31)23(34)28-12-11-17-7-9-18(26)10-8-17/h7-10,15,19-21,27H,11-14H2,1-6H3,(H,28,34)(H,29,32)(H,30,33)/t15-,19-,20-,21+/m0/s1. The molecule has 0 bridgehead atoms. The highest BCUT2D eigenvalue weighted by Crippen LogP contribution is 2.26. The zero-order valence-electron chi connectivity index (χ0n) is 21.4. The topological polar surface area (TPSA) is 120 Å². The van der Waals surface area contributed by atoms with Crippen molar-refractivity contribution in [2.45, 2.75) is 71.6 Å². The summed E-state index contributed by atoms with van der Waals surface area (Å²) in [5, 5.41) is 11.3. The highest BCUT2D eigenvalue weighted by atomic mass is 19.1. The van der Waals surface area contributed by atoms with E-state index in [1.807, 2.05) is 20.8 Å². The molecule has 1 heterocycles. The van der Waals surface area contributed by atoms with Gasteiger partial charge >= 0.3 is 0 Å². The highest BCUT2D eigenvalue weighted by Gasteiger charge is 2.45. The summed E-state index contributed by atoms with van der Waals surface area (Å²) in [6.07, 6.45) is 0.774. The van der Waals surface area contributed by atoms with Gasteiger partial charge in [0.05, 0.1) is 6.04 Å². The number of carbonyl (C=O) groups excluding carboxylic acids is 4. The van der Waals surface area contributed by atoms with E-state index >= 15 is 0 Å². The van der Waals surface area contributed by atoms with Gasteiger partial charge in [-0.1, -0.05) is 32.9 Å². The molecule has 0 spiro atoms. The summed E-state index contributed by atoms with van der Waals surface area (Å²) < 4.78 is 13.1. The van der Waals surface area contributed by atoms with Gasteiger partial charge in [-0.25, -0.2) is 4.39 Å². The molecule has 0 radical (unpaired) electrons. The largest absolute Gasteiger partial charge is 0.354 e. The first-order valence-electron chi connectivity index (χ1n) is 11.9. The van der Waals surface area contributed by atoms with Gasteiger partial charge in [0.25, 0.3) is 0 Å². The number of hydrogen-bond acceptors (Lipinski definition) is 5. The molecule has 1 fully saturated rings. The number of nitrogens with one attached hydrogen (secondary N) is 4. The molecule has 4 atom stereocenters. The van der Waals surface area contributed by atoms with E-state index in [-0.39, 0.29) is 48.5 Å². The predicted octanol–water partition coefficient (Wildman–Crippen LogP) is 0.729. The van der Waals surface area contributed by atoms with Crippen molar-refractivity contribution in [3.05, 3.63) is 35.6 Å². The zero-order valence-corrected chi connectivity index (χ0v) is 21.4. The number of benzene rings is 1. The Labute approximate surface area is 206 Å². The van der Waals surface area contributed by atoms with E-state index in [4.69, 9.17) is 0 Å². The van der Waals surface area contributed by atoms with Crippen LogP contribution in [0.4, 0.5) is 4.39 Å². The summed E-state index contributed by atoms with van der Waals surface area (Å²) in [6, 6.07) is 3.50. The Morgan fingerprint density at radius 2 is 1.77 bits per heavy atom. The van der Waals surface area contributed by atoms with Crippen LogP contribution in [0, 0.1) is 11.2 Å². The molecule has 1 aromatic rings. The summed E-state index contributed by atoms with van der Waals surface area (Å²) in [5.41, 5.74) is 0.256. The Kier molecular flexibility index (Phi) is 9.76. The predicted molar refractivity (Wildman–Crippen MR) is 131 cm³/mol. The fraction of sp³-hybridized carbons (Fsp3) is 0.600. The van der Waals surface area contributed by atoms with Gasteiger partial charge in [0.1, 0.15) is 17.9 Å². The second-order valence-electron chi connectivity index (χ2n) is 10.1. The van der Waals surface area contributed by atoms with Gasteiger partial charge < -0.3 is 26.2 Å². The molecule has 10 heteroatoms. The number of halogens is 1. The van der Waals surface area contributed by atoms with Crippen LogP contribution < -0.4 is 21.3 Å². The smallest absolute Gasteiger partial charge is 0.246 e. The van der Waals surface area contributed by atoms with Crippen LogP contribution in [-0.2, 0) is 25.6 Å². The Hall–Kier alpha value is -3.01. The summed E-state index contributed by atoms with van der Waals surface area (Å²) in [6.45, 7) is 9.10. The van der Waals surface area contributed by atoms with Gasteiger partial charge in [-0.15, -0.1) is 0 Å². The van der Waals surface area contributed by atoms with E-state index in [2.05, 4.69) is 21.3 Å². The molecule has 1 aliphatic rings. The maximum Gasteiger partial charge on any atom is 0.246 e. The molecule has 0 unspecified atom stereocenters. The minimum atomic E-state index is -0.864. The first-order chi connectivity index (χ1) is 16.3. The first kappa shape index (κ1) is 28.2. The third-order valence-corrected chi connectivity index (χ3v) is 6.15. The van der Waals surface area contributed by atoms with E-state index in [0.29, 0.717) is 13.0 Å². The van der Waals surface area contributed by atoms with Crippen LogP contribution >= 0.6 is 0 Å². The van der Waals surface area contributed by atoms with Crippen molar-refractivity contribution in [2.24, 2.45) is 5.41 Å². The van der Waals surface area contributed by atoms with Crippen molar-refractivity contribution < 1.29 is 23.6 Å². The fourth-order valence-corrected chi connectivity index (χ4v) is 4.03. The zero-order chi connectivity index (χ0) is 26.3. The number of nitrogens with zero attached hydrogens (tertiary/aromatic N) is 1. The van der Waals surface area contributed by atoms with Crippen molar-refractivity contribution in [1.82, 2.24) is 26.2 Å². The molecule has 9 nitrogen and oxygen atoms in total. The van der Waals surface area contributed by atoms with E-state index < -0.39 is 23.5 Å². The minimum Gasteiger partial charge on any atom is -0.354 e. The van der Waals surface area contributed by atoms with Gasteiger partial charge in [0, 0.05) is 26.1 Å². The molecule has 2 rings (SSSR count). The van der Waals surface area contributed by atoms with Crippen LogP contribution in [-0.4, -0.2) is 72.8 Å². The maximum atomic E-state index is 13.7. The molecular formula is C25H38FN5O4. The van der Waals surface area contributed by atoms with Gasteiger partial charge in [-0.2, -0.15) is 0 Å². The Morgan fingerprint density at radius 3 is 2.31 bits per heavy atom. The molecule has 0 aromatic heterocycles. The van der Waals surface area contributed by atoms with Gasteiger partial charge in [0.2, 0.25) is 23.6 Å². The summed E-state index contributed by atoms with van der Waals surface area (Å²) in [5.74, 6) is -1.61. The lowest BCUT2D eigenvalue weighted by atomic mass is 9.85. The second kappa shape index (κ2) is 12.1. The van der Waals surface area contributed by atoms with Gasteiger partial charge in [-0.3, -0.25) is 19.2 Å². The normalized spacial score (nSPS) is 19.6. The highest BCUT2D eigenvalue weighted by molar-refractivity contribution is 5.94. The van der Waals surface area contributed by atoms with Crippen molar-refractivity contribution in [3.8, 4) is 0 Å². The Balaban J connectivity index is 2.17. The Morgan fingerprint density at radius 1 is 1.14 bits per heavy atom. The van der Waals surface area contributed by atoms with Crippen LogP contribution in [0.5, 0.6) is 0 Å². The number of likely N-dealkylation sites (N-methyl/N-ethyl adjacent to an activating group) is 1. The van der Waals surface area contributed by atoms with Crippen LogP contribution in [0.3, 0.4) is 0 Å².